The van der Waals surface area contributed by atoms with Crippen LogP contribution in [0.5, 0.6) is 0 Å². The van der Waals surface area contributed by atoms with Crippen molar-refractivity contribution < 1.29 is 29.0 Å². The first-order valence-electron chi connectivity index (χ1n) is 4.89. The lowest BCUT2D eigenvalue weighted by atomic mass is 10.2. The van der Waals surface area contributed by atoms with Crippen molar-refractivity contribution >= 4 is 17.9 Å². The van der Waals surface area contributed by atoms with Gasteiger partial charge in [-0.2, -0.15) is 0 Å². The van der Waals surface area contributed by atoms with E-state index in [0.717, 1.165) is 0 Å². The van der Waals surface area contributed by atoms with Gasteiger partial charge in [-0.15, -0.1) is 0 Å². The molecule has 0 amide bonds. The van der Waals surface area contributed by atoms with Crippen LogP contribution in [0, 0.1) is 5.92 Å². The summed E-state index contributed by atoms with van der Waals surface area (Å²) in [6.07, 6.45) is -2.36. The number of hydrogen-bond donors (Lipinski definition) is 1. The van der Waals surface area contributed by atoms with Crippen molar-refractivity contribution in [3.63, 3.8) is 0 Å². The van der Waals surface area contributed by atoms with Crippen molar-refractivity contribution in [2.45, 2.75) is 39.9 Å². The number of ether oxygens (including phenoxy) is 2. The van der Waals surface area contributed by atoms with Crippen LogP contribution in [0.4, 0.5) is 0 Å². The van der Waals surface area contributed by atoms with Crippen LogP contribution < -0.4 is 0 Å². The van der Waals surface area contributed by atoms with Crippen LogP contribution in [-0.2, 0) is 23.9 Å². The van der Waals surface area contributed by atoms with Gasteiger partial charge in [-0.3, -0.25) is 4.79 Å². The van der Waals surface area contributed by atoms with E-state index in [1.54, 1.807) is 13.8 Å². The summed E-state index contributed by atoms with van der Waals surface area (Å²) < 4.78 is 9.29. The topological polar surface area (TPSA) is 89.9 Å². The molecule has 6 nitrogen and oxygen atoms in total. The number of carboxylic acid groups (broad SMARTS) is 1. The van der Waals surface area contributed by atoms with Crippen LogP contribution in [0.1, 0.15) is 27.7 Å². The molecular formula is C10H16O6. The first-order valence-corrected chi connectivity index (χ1v) is 4.89. The molecule has 0 aromatic carbocycles. The molecule has 0 saturated heterocycles. The van der Waals surface area contributed by atoms with Gasteiger partial charge in [0.1, 0.15) is 0 Å². The van der Waals surface area contributed by atoms with E-state index < -0.39 is 30.1 Å². The SMILES string of the molecule is CC(C)C(=O)OC(C)C(=O)OC(C)C(=O)O. The summed E-state index contributed by atoms with van der Waals surface area (Å²) in [5.41, 5.74) is 0. The number of carboxylic acids is 1. The van der Waals surface area contributed by atoms with Gasteiger partial charge >= 0.3 is 17.9 Å². The van der Waals surface area contributed by atoms with Gasteiger partial charge < -0.3 is 14.6 Å². The normalized spacial score (nSPS) is 14.1. The van der Waals surface area contributed by atoms with Crippen LogP contribution in [0.2, 0.25) is 0 Å². The van der Waals surface area contributed by atoms with Crippen molar-refractivity contribution in [3.8, 4) is 0 Å². The van der Waals surface area contributed by atoms with Gasteiger partial charge in [0.25, 0.3) is 0 Å². The fourth-order valence-corrected chi connectivity index (χ4v) is 0.679. The minimum absolute atomic E-state index is 0.354. The molecule has 0 rings (SSSR count). The Morgan fingerprint density at radius 2 is 1.31 bits per heavy atom. The monoisotopic (exact) mass is 232 g/mol. The highest BCUT2D eigenvalue weighted by atomic mass is 16.6. The lowest BCUT2D eigenvalue weighted by molar-refractivity contribution is -0.176. The molecule has 0 spiro atoms. The van der Waals surface area contributed by atoms with Crippen molar-refractivity contribution in [1.82, 2.24) is 0 Å². The molecule has 6 heteroatoms. The Labute approximate surface area is 93.5 Å². The third-order valence-corrected chi connectivity index (χ3v) is 1.74. The molecule has 92 valence electrons. The quantitative estimate of drug-likeness (QED) is 0.698. The van der Waals surface area contributed by atoms with Gasteiger partial charge in [0, 0.05) is 0 Å². The van der Waals surface area contributed by atoms with Gasteiger partial charge in [-0.1, -0.05) is 13.8 Å². The zero-order valence-electron chi connectivity index (χ0n) is 9.72. The summed E-state index contributed by atoms with van der Waals surface area (Å²) in [7, 11) is 0. The van der Waals surface area contributed by atoms with Crippen molar-refractivity contribution in [3.05, 3.63) is 0 Å². The number of esters is 2. The first kappa shape index (κ1) is 14.4. The maximum atomic E-state index is 11.3. The minimum atomic E-state index is -1.26. The van der Waals surface area contributed by atoms with E-state index in [0.29, 0.717) is 0 Å². The van der Waals surface area contributed by atoms with Crippen molar-refractivity contribution in [2.75, 3.05) is 0 Å². The van der Waals surface area contributed by atoms with E-state index in [9.17, 15) is 14.4 Å². The highest BCUT2D eigenvalue weighted by Crippen LogP contribution is 2.04. The number of carbonyl (C=O) groups is 3. The largest absolute Gasteiger partial charge is 0.479 e. The lowest BCUT2D eigenvalue weighted by Gasteiger charge is -2.15. The van der Waals surface area contributed by atoms with Crippen LogP contribution in [0.3, 0.4) is 0 Å². The molecule has 16 heavy (non-hydrogen) atoms. The molecule has 0 saturated carbocycles. The number of hydrogen-bond acceptors (Lipinski definition) is 5. The smallest absolute Gasteiger partial charge is 0.347 e. The molecule has 0 aromatic heterocycles. The lowest BCUT2D eigenvalue weighted by Crippen LogP contribution is -2.33. The summed E-state index contributed by atoms with van der Waals surface area (Å²) in [6.45, 7) is 5.80. The van der Waals surface area contributed by atoms with Crippen LogP contribution in [0.15, 0.2) is 0 Å². The predicted octanol–water partition coefficient (Wildman–Crippen LogP) is 0.590. The molecule has 0 radical (unpaired) electrons. The first-order chi connectivity index (χ1) is 7.25. The molecule has 2 atom stereocenters. The molecule has 0 bridgehead atoms. The number of rotatable bonds is 5. The summed E-state index contributed by atoms with van der Waals surface area (Å²) >= 11 is 0. The Morgan fingerprint density at radius 1 is 0.875 bits per heavy atom. The third-order valence-electron chi connectivity index (χ3n) is 1.74. The molecule has 2 unspecified atom stereocenters. The molecule has 0 aromatic rings. The summed E-state index contributed by atoms with van der Waals surface area (Å²) in [6, 6.07) is 0. The zero-order valence-corrected chi connectivity index (χ0v) is 9.72. The van der Waals surface area contributed by atoms with Gasteiger partial charge in [0.2, 0.25) is 0 Å². The Morgan fingerprint density at radius 3 is 1.69 bits per heavy atom. The third kappa shape index (κ3) is 4.77. The number of aliphatic carboxylic acids is 1. The standard InChI is InChI=1S/C10H16O6/c1-5(2)9(13)16-7(4)10(14)15-6(3)8(11)12/h5-7H,1-4H3,(H,11,12). The molecule has 0 fully saturated rings. The van der Waals surface area contributed by atoms with Gasteiger partial charge in [-0.25, -0.2) is 9.59 Å². The summed E-state index contributed by atoms with van der Waals surface area (Å²) in [4.78, 5) is 32.8. The van der Waals surface area contributed by atoms with Crippen molar-refractivity contribution in [2.24, 2.45) is 5.92 Å². The Balaban J connectivity index is 4.19. The van der Waals surface area contributed by atoms with Gasteiger partial charge in [-0.05, 0) is 13.8 Å². The zero-order chi connectivity index (χ0) is 12.9. The van der Waals surface area contributed by atoms with E-state index in [1.165, 1.54) is 13.8 Å². The maximum absolute atomic E-state index is 11.3. The fraction of sp³-hybridized carbons (Fsp3) is 0.700. The number of carbonyl (C=O) groups excluding carboxylic acids is 2. The van der Waals surface area contributed by atoms with Gasteiger partial charge in [0.05, 0.1) is 5.92 Å². The Hall–Kier alpha value is -1.59. The van der Waals surface area contributed by atoms with E-state index >= 15 is 0 Å². The summed E-state index contributed by atoms with van der Waals surface area (Å²) in [5.74, 6) is -3.01. The average Bonchev–Trinajstić information content (AvgIpc) is 2.16. The van der Waals surface area contributed by atoms with Crippen LogP contribution >= 0.6 is 0 Å². The molecule has 0 aliphatic rings. The van der Waals surface area contributed by atoms with Gasteiger partial charge in [0.15, 0.2) is 12.2 Å². The van der Waals surface area contributed by atoms with Crippen molar-refractivity contribution in [1.29, 1.82) is 0 Å². The highest BCUT2D eigenvalue weighted by Gasteiger charge is 2.24. The fourth-order valence-electron chi connectivity index (χ4n) is 0.679. The van der Waals surface area contributed by atoms with Crippen LogP contribution in [0.25, 0.3) is 0 Å². The summed E-state index contributed by atoms with van der Waals surface area (Å²) in [5, 5.41) is 8.50. The Bertz CT molecular complexity index is 283. The second-order valence-electron chi connectivity index (χ2n) is 3.65. The second-order valence-corrected chi connectivity index (χ2v) is 3.65. The second kappa shape index (κ2) is 6.09. The van der Waals surface area contributed by atoms with E-state index in [-0.39, 0.29) is 5.92 Å². The predicted molar refractivity (Wildman–Crippen MR) is 53.6 cm³/mol. The molecular weight excluding hydrogens is 216 g/mol. The van der Waals surface area contributed by atoms with Crippen LogP contribution in [-0.4, -0.2) is 35.2 Å². The molecule has 0 heterocycles. The van der Waals surface area contributed by atoms with E-state index in [1.807, 2.05) is 0 Å². The maximum Gasteiger partial charge on any atom is 0.347 e. The minimum Gasteiger partial charge on any atom is -0.479 e. The van der Waals surface area contributed by atoms with E-state index in [2.05, 4.69) is 4.74 Å². The Kier molecular flexibility index (Phi) is 5.49. The highest BCUT2D eigenvalue weighted by molar-refractivity contribution is 5.82. The average molecular weight is 232 g/mol. The molecule has 0 aliphatic carbocycles. The van der Waals surface area contributed by atoms with E-state index in [4.69, 9.17) is 9.84 Å². The molecule has 0 aliphatic heterocycles. The molecule has 1 N–H and O–H groups in total.